The van der Waals surface area contributed by atoms with Gasteiger partial charge in [-0.25, -0.2) is 0 Å². The molecule has 0 aromatic carbocycles. The standard InChI is InChI=1S/C10H18O2/c1-10(2,3)8-5-4-7(11)6-9(8)12/h8-9,12H,4-6H2,1-3H3/t8-,9-/m0/s1. The molecule has 12 heavy (non-hydrogen) atoms. The van der Waals surface area contributed by atoms with E-state index in [1.165, 1.54) is 0 Å². The molecule has 0 aromatic rings. The van der Waals surface area contributed by atoms with E-state index >= 15 is 0 Å². The van der Waals surface area contributed by atoms with Crippen LogP contribution in [0.1, 0.15) is 40.0 Å². The molecule has 1 aliphatic carbocycles. The Balaban J connectivity index is 2.62. The summed E-state index contributed by atoms with van der Waals surface area (Å²) in [6, 6.07) is 0. The first-order valence-electron chi connectivity index (χ1n) is 4.61. The predicted octanol–water partition coefficient (Wildman–Crippen LogP) is 1.76. The lowest BCUT2D eigenvalue weighted by atomic mass is 9.70. The molecule has 0 aliphatic heterocycles. The molecule has 2 heteroatoms. The first-order valence-corrected chi connectivity index (χ1v) is 4.61. The number of hydrogen-bond donors (Lipinski definition) is 1. The van der Waals surface area contributed by atoms with Crippen LogP contribution in [0.25, 0.3) is 0 Å². The third-order valence-electron chi connectivity index (χ3n) is 2.75. The molecule has 1 fully saturated rings. The summed E-state index contributed by atoms with van der Waals surface area (Å²) in [6.07, 6.45) is 1.45. The van der Waals surface area contributed by atoms with Crippen molar-refractivity contribution in [3.63, 3.8) is 0 Å². The van der Waals surface area contributed by atoms with Gasteiger partial charge in [0.1, 0.15) is 5.78 Å². The first-order chi connectivity index (χ1) is 5.41. The lowest BCUT2D eigenvalue weighted by molar-refractivity contribution is -0.126. The van der Waals surface area contributed by atoms with Gasteiger partial charge in [-0.15, -0.1) is 0 Å². The lowest BCUT2D eigenvalue weighted by Gasteiger charge is -2.37. The minimum atomic E-state index is -0.411. The summed E-state index contributed by atoms with van der Waals surface area (Å²) in [6.45, 7) is 6.37. The van der Waals surface area contributed by atoms with Gasteiger partial charge in [-0.3, -0.25) is 4.79 Å². The number of hydrogen-bond acceptors (Lipinski definition) is 2. The van der Waals surface area contributed by atoms with E-state index in [-0.39, 0.29) is 17.1 Å². The van der Waals surface area contributed by atoms with Crippen molar-refractivity contribution in [2.75, 3.05) is 0 Å². The van der Waals surface area contributed by atoms with E-state index in [1.807, 2.05) is 0 Å². The van der Waals surface area contributed by atoms with Gasteiger partial charge < -0.3 is 5.11 Å². The summed E-state index contributed by atoms with van der Waals surface area (Å²) in [7, 11) is 0. The van der Waals surface area contributed by atoms with Crippen LogP contribution < -0.4 is 0 Å². The molecule has 0 heterocycles. The molecule has 70 valence electrons. The summed E-state index contributed by atoms with van der Waals surface area (Å²) in [4.78, 5) is 11.0. The lowest BCUT2D eigenvalue weighted by Crippen LogP contribution is -2.37. The highest BCUT2D eigenvalue weighted by atomic mass is 16.3. The first kappa shape index (κ1) is 9.72. The number of carbonyl (C=O) groups excluding carboxylic acids is 1. The summed E-state index contributed by atoms with van der Waals surface area (Å²) in [5, 5.41) is 9.65. The van der Waals surface area contributed by atoms with Crippen LogP contribution in [0, 0.1) is 11.3 Å². The zero-order valence-electron chi connectivity index (χ0n) is 8.13. The van der Waals surface area contributed by atoms with Crippen LogP contribution in [0.4, 0.5) is 0 Å². The van der Waals surface area contributed by atoms with E-state index < -0.39 is 6.10 Å². The zero-order chi connectivity index (χ0) is 9.35. The zero-order valence-corrected chi connectivity index (χ0v) is 8.13. The quantitative estimate of drug-likeness (QED) is 0.601. The normalized spacial score (nSPS) is 32.2. The second-order valence-corrected chi connectivity index (χ2v) is 4.82. The van der Waals surface area contributed by atoms with E-state index in [9.17, 15) is 9.90 Å². The van der Waals surface area contributed by atoms with Gasteiger partial charge in [0, 0.05) is 12.8 Å². The highest BCUT2D eigenvalue weighted by molar-refractivity contribution is 5.79. The molecule has 1 saturated carbocycles. The van der Waals surface area contributed by atoms with Crippen molar-refractivity contribution < 1.29 is 9.90 Å². The number of rotatable bonds is 0. The highest BCUT2D eigenvalue weighted by Crippen LogP contribution is 2.36. The molecule has 0 spiro atoms. The summed E-state index contributed by atoms with van der Waals surface area (Å²) < 4.78 is 0. The summed E-state index contributed by atoms with van der Waals surface area (Å²) in [5.41, 5.74) is 0.125. The van der Waals surface area contributed by atoms with Gasteiger partial charge in [0.05, 0.1) is 6.10 Å². The smallest absolute Gasteiger partial charge is 0.135 e. The van der Waals surface area contributed by atoms with Crippen molar-refractivity contribution in [3.05, 3.63) is 0 Å². The fourth-order valence-electron chi connectivity index (χ4n) is 2.00. The van der Waals surface area contributed by atoms with Gasteiger partial charge in [0.2, 0.25) is 0 Å². The minimum Gasteiger partial charge on any atom is -0.392 e. The molecule has 2 atom stereocenters. The van der Waals surface area contributed by atoms with Gasteiger partial charge in [-0.05, 0) is 17.8 Å². The van der Waals surface area contributed by atoms with Crippen molar-refractivity contribution in [2.45, 2.75) is 46.1 Å². The Labute approximate surface area is 74.0 Å². The van der Waals surface area contributed by atoms with Gasteiger partial charge in [-0.1, -0.05) is 20.8 Å². The van der Waals surface area contributed by atoms with Crippen molar-refractivity contribution in [3.8, 4) is 0 Å². The monoisotopic (exact) mass is 170 g/mol. The van der Waals surface area contributed by atoms with E-state index in [1.54, 1.807) is 0 Å². The topological polar surface area (TPSA) is 37.3 Å². The van der Waals surface area contributed by atoms with Crippen LogP contribution in [0.2, 0.25) is 0 Å². The Morgan fingerprint density at radius 3 is 2.42 bits per heavy atom. The SMILES string of the molecule is CC(C)(C)[C@H]1CCC(=O)C[C@@H]1O. The molecular weight excluding hydrogens is 152 g/mol. The maximum atomic E-state index is 11.0. The van der Waals surface area contributed by atoms with Crippen molar-refractivity contribution in [1.29, 1.82) is 0 Å². The highest BCUT2D eigenvalue weighted by Gasteiger charge is 2.35. The Morgan fingerprint density at radius 2 is 2.00 bits per heavy atom. The molecule has 1 rings (SSSR count). The molecule has 2 nitrogen and oxygen atoms in total. The van der Waals surface area contributed by atoms with Gasteiger partial charge >= 0.3 is 0 Å². The number of aliphatic hydroxyl groups excluding tert-OH is 1. The number of aliphatic hydroxyl groups is 1. The van der Waals surface area contributed by atoms with E-state index in [4.69, 9.17) is 0 Å². The second-order valence-electron chi connectivity index (χ2n) is 4.82. The van der Waals surface area contributed by atoms with Crippen LogP contribution in [0.5, 0.6) is 0 Å². The second kappa shape index (κ2) is 3.17. The number of carbonyl (C=O) groups is 1. The molecule has 1 aliphatic rings. The maximum absolute atomic E-state index is 11.0. The molecule has 1 N–H and O–H groups in total. The largest absolute Gasteiger partial charge is 0.392 e. The molecule has 0 unspecified atom stereocenters. The van der Waals surface area contributed by atoms with Crippen molar-refractivity contribution in [2.24, 2.45) is 11.3 Å². The molecule has 0 bridgehead atoms. The van der Waals surface area contributed by atoms with Crippen LogP contribution >= 0.6 is 0 Å². The molecule has 0 radical (unpaired) electrons. The van der Waals surface area contributed by atoms with E-state index in [2.05, 4.69) is 20.8 Å². The molecule has 0 saturated heterocycles. The van der Waals surface area contributed by atoms with Crippen LogP contribution in [-0.4, -0.2) is 17.0 Å². The Bertz CT molecular complexity index is 179. The average molecular weight is 170 g/mol. The van der Waals surface area contributed by atoms with Crippen LogP contribution in [0.15, 0.2) is 0 Å². The van der Waals surface area contributed by atoms with Gasteiger partial charge in [-0.2, -0.15) is 0 Å². The van der Waals surface area contributed by atoms with Crippen molar-refractivity contribution in [1.82, 2.24) is 0 Å². The minimum absolute atomic E-state index is 0.125. The van der Waals surface area contributed by atoms with Crippen LogP contribution in [0.3, 0.4) is 0 Å². The molecule has 0 aromatic heterocycles. The Hall–Kier alpha value is -0.370. The fraction of sp³-hybridized carbons (Fsp3) is 0.900. The summed E-state index contributed by atoms with van der Waals surface area (Å²) in [5.74, 6) is 0.498. The van der Waals surface area contributed by atoms with Crippen LogP contribution in [-0.2, 0) is 4.79 Å². The third kappa shape index (κ3) is 2.07. The molecular formula is C10H18O2. The van der Waals surface area contributed by atoms with Gasteiger partial charge in [0.15, 0.2) is 0 Å². The Morgan fingerprint density at radius 1 is 1.42 bits per heavy atom. The number of Topliss-reactive ketones (excluding diaryl/α,β-unsaturated/α-hetero) is 1. The summed E-state index contributed by atoms with van der Waals surface area (Å²) >= 11 is 0. The van der Waals surface area contributed by atoms with Crippen molar-refractivity contribution >= 4 is 5.78 Å². The third-order valence-corrected chi connectivity index (χ3v) is 2.75. The average Bonchev–Trinajstić information content (AvgIpc) is 1.83. The Kier molecular flexibility index (Phi) is 2.57. The fourth-order valence-corrected chi connectivity index (χ4v) is 2.00. The van der Waals surface area contributed by atoms with Gasteiger partial charge in [0.25, 0.3) is 0 Å². The van der Waals surface area contributed by atoms with E-state index in [0.717, 1.165) is 6.42 Å². The van der Waals surface area contributed by atoms with E-state index in [0.29, 0.717) is 12.8 Å². The predicted molar refractivity (Wildman–Crippen MR) is 47.8 cm³/mol. The number of ketones is 1. The molecule has 0 amide bonds. The maximum Gasteiger partial charge on any atom is 0.135 e.